The zero-order valence-corrected chi connectivity index (χ0v) is 17.1. The molecule has 2 aromatic carbocycles. The molecule has 146 valence electrons. The first-order valence-corrected chi connectivity index (χ1v) is 10.7. The van der Waals surface area contributed by atoms with E-state index < -0.39 is 0 Å². The topological polar surface area (TPSA) is 74.5 Å². The number of nitrogen functional groups attached to an aromatic ring is 1. The van der Waals surface area contributed by atoms with Gasteiger partial charge in [0.15, 0.2) is 5.82 Å². The van der Waals surface area contributed by atoms with Gasteiger partial charge in [-0.2, -0.15) is 5.10 Å². The van der Waals surface area contributed by atoms with Gasteiger partial charge in [-0.15, -0.1) is 10.2 Å². The van der Waals surface area contributed by atoms with Crippen LogP contribution >= 0.6 is 11.8 Å². The summed E-state index contributed by atoms with van der Waals surface area (Å²) in [6, 6.07) is 18.5. The highest BCUT2D eigenvalue weighted by molar-refractivity contribution is 7.98. The Labute approximate surface area is 173 Å². The summed E-state index contributed by atoms with van der Waals surface area (Å²) in [5, 5.41) is 14.2. The second-order valence-corrected chi connectivity index (χ2v) is 8.25. The number of nitrogens with zero attached hydrogens (tertiary/aromatic N) is 5. The third kappa shape index (κ3) is 3.31. The van der Waals surface area contributed by atoms with E-state index in [1.165, 1.54) is 23.2 Å². The van der Waals surface area contributed by atoms with E-state index in [0.29, 0.717) is 11.0 Å². The van der Waals surface area contributed by atoms with E-state index in [1.807, 2.05) is 18.2 Å². The first-order valence-electron chi connectivity index (χ1n) is 9.76. The molecular formula is C22H22N6S. The van der Waals surface area contributed by atoms with Gasteiger partial charge < -0.3 is 5.84 Å². The summed E-state index contributed by atoms with van der Waals surface area (Å²) in [4.78, 5) is 0. The van der Waals surface area contributed by atoms with Crippen molar-refractivity contribution in [3.8, 4) is 17.1 Å². The van der Waals surface area contributed by atoms with E-state index in [1.54, 1.807) is 16.4 Å². The third-order valence-electron chi connectivity index (χ3n) is 5.33. The van der Waals surface area contributed by atoms with E-state index >= 15 is 0 Å². The normalized spacial score (nSPS) is 13.0. The van der Waals surface area contributed by atoms with Gasteiger partial charge in [0.1, 0.15) is 0 Å². The van der Waals surface area contributed by atoms with Crippen LogP contribution in [0.2, 0.25) is 0 Å². The average Bonchev–Trinajstić information content (AvgIpc) is 3.44. The summed E-state index contributed by atoms with van der Waals surface area (Å²) in [5.41, 5.74) is 7.11. The highest BCUT2D eigenvalue weighted by Crippen LogP contribution is 2.32. The second-order valence-electron chi connectivity index (χ2n) is 7.30. The van der Waals surface area contributed by atoms with Crippen molar-refractivity contribution in [3.63, 3.8) is 0 Å². The lowest BCUT2D eigenvalue weighted by atomic mass is 10.1. The first-order chi connectivity index (χ1) is 14.2. The lowest BCUT2D eigenvalue weighted by molar-refractivity contribution is 0.770. The van der Waals surface area contributed by atoms with Gasteiger partial charge in [0.05, 0.1) is 11.4 Å². The number of rotatable bonds is 5. The van der Waals surface area contributed by atoms with Gasteiger partial charge in [-0.25, -0.2) is 9.36 Å². The van der Waals surface area contributed by atoms with Crippen molar-refractivity contribution < 1.29 is 0 Å². The third-order valence-corrected chi connectivity index (χ3v) is 6.28. The first kappa shape index (κ1) is 18.0. The van der Waals surface area contributed by atoms with Crippen molar-refractivity contribution in [1.29, 1.82) is 0 Å². The van der Waals surface area contributed by atoms with E-state index in [-0.39, 0.29) is 0 Å². The highest BCUT2D eigenvalue weighted by Gasteiger charge is 2.23. The molecule has 0 spiro atoms. The number of para-hydroxylation sites is 1. The summed E-state index contributed by atoms with van der Waals surface area (Å²) < 4.78 is 3.67. The van der Waals surface area contributed by atoms with Gasteiger partial charge in [-0.3, -0.25) is 0 Å². The Morgan fingerprint density at radius 1 is 1.00 bits per heavy atom. The van der Waals surface area contributed by atoms with Crippen LogP contribution in [0.15, 0.2) is 59.8 Å². The Balaban J connectivity index is 1.39. The van der Waals surface area contributed by atoms with Crippen LogP contribution in [-0.2, 0) is 18.6 Å². The van der Waals surface area contributed by atoms with Crippen LogP contribution in [0, 0.1) is 6.92 Å². The molecule has 0 amide bonds. The number of hydrogen-bond donors (Lipinski definition) is 1. The zero-order valence-electron chi connectivity index (χ0n) is 16.2. The van der Waals surface area contributed by atoms with E-state index in [4.69, 9.17) is 10.9 Å². The standard InChI is InChI=1S/C22H22N6S/c1-15-10-12-16(13-11-15)21-24-25-22(27(21)23)29-14-19-18-8-5-9-20(18)28(26-19)17-6-3-2-4-7-17/h2-4,6-7,10-13H,5,8-9,14,23H2,1H3. The molecule has 0 fully saturated rings. The van der Waals surface area contributed by atoms with Crippen LogP contribution < -0.4 is 5.84 Å². The van der Waals surface area contributed by atoms with Crippen LogP contribution in [0.3, 0.4) is 0 Å². The quantitative estimate of drug-likeness (QED) is 0.404. The Kier molecular flexibility index (Phi) is 4.60. The number of nitrogens with two attached hydrogens (primary N) is 1. The summed E-state index contributed by atoms with van der Waals surface area (Å²) in [7, 11) is 0. The van der Waals surface area contributed by atoms with Crippen LogP contribution in [0.1, 0.15) is 28.9 Å². The molecule has 0 atom stereocenters. The van der Waals surface area contributed by atoms with Gasteiger partial charge in [0.25, 0.3) is 0 Å². The molecule has 4 aromatic rings. The van der Waals surface area contributed by atoms with Gasteiger partial charge in [0, 0.05) is 17.0 Å². The lowest BCUT2D eigenvalue weighted by Gasteiger charge is -2.05. The minimum Gasteiger partial charge on any atom is -0.335 e. The molecule has 1 aliphatic rings. The van der Waals surface area contributed by atoms with Gasteiger partial charge >= 0.3 is 0 Å². The molecule has 0 bridgehead atoms. The summed E-state index contributed by atoms with van der Waals surface area (Å²) in [5.74, 6) is 7.69. The molecule has 2 N–H and O–H groups in total. The molecule has 1 aliphatic carbocycles. The van der Waals surface area contributed by atoms with Crippen LogP contribution in [0.5, 0.6) is 0 Å². The fourth-order valence-electron chi connectivity index (χ4n) is 3.82. The van der Waals surface area contributed by atoms with Gasteiger partial charge in [-0.05, 0) is 43.9 Å². The Morgan fingerprint density at radius 2 is 1.79 bits per heavy atom. The molecular weight excluding hydrogens is 380 g/mol. The molecule has 2 heterocycles. The van der Waals surface area contributed by atoms with E-state index in [9.17, 15) is 0 Å². The molecule has 0 saturated heterocycles. The number of fused-ring (bicyclic) bond motifs is 1. The van der Waals surface area contributed by atoms with Crippen molar-refractivity contribution in [2.45, 2.75) is 37.1 Å². The predicted molar refractivity (Wildman–Crippen MR) is 115 cm³/mol. The maximum atomic E-state index is 6.29. The molecule has 2 aromatic heterocycles. The maximum Gasteiger partial charge on any atom is 0.210 e. The maximum absolute atomic E-state index is 6.29. The molecule has 0 saturated carbocycles. The number of aromatic nitrogens is 5. The minimum absolute atomic E-state index is 0.674. The van der Waals surface area contributed by atoms with E-state index in [0.717, 1.165) is 35.5 Å². The SMILES string of the molecule is Cc1ccc(-c2nnc(SCc3nn(-c4ccccc4)c4c3CCC4)n2N)cc1. The zero-order chi connectivity index (χ0) is 19.8. The molecule has 0 radical (unpaired) electrons. The summed E-state index contributed by atoms with van der Waals surface area (Å²) in [6.07, 6.45) is 3.34. The monoisotopic (exact) mass is 402 g/mol. The van der Waals surface area contributed by atoms with Crippen molar-refractivity contribution in [2.24, 2.45) is 0 Å². The highest BCUT2D eigenvalue weighted by atomic mass is 32.2. The number of benzene rings is 2. The molecule has 6 nitrogen and oxygen atoms in total. The lowest BCUT2D eigenvalue weighted by Crippen LogP contribution is -2.11. The minimum atomic E-state index is 0.674. The average molecular weight is 403 g/mol. The van der Waals surface area contributed by atoms with Crippen molar-refractivity contribution in [2.75, 3.05) is 5.84 Å². The summed E-state index contributed by atoms with van der Waals surface area (Å²) >= 11 is 1.58. The molecule has 0 aliphatic heterocycles. The van der Waals surface area contributed by atoms with Crippen LogP contribution in [0.25, 0.3) is 17.1 Å². The van der Waals surface area contributed by atoms with Gasteiger partial charge in [0.2, 0.25) is 5.16 Å². The van der Waals surface area contributed by atoms with Crippen LogP contribution in [0.4, 0.5) is 0 Å². The fourth-order valence-corrected chi connectivity index (χ4v) is 4.64. The fraction of sp³-hybridized carbons (Fsp3) is 0.227. The molecule has 5 rings (SSSR count). The van der Waals surface area contributed by atoms with Crippen molar-refractivity contribution in [3.05, 3.63) is 77.1 Å². The number of thioether (sulfide) groups is 1. The molecule has 29 heavy (non-hydrogen) atoms. The molecule has 0 unspecified atom stereocenters. The smallest absolute Gasteiger partial charge is 0.210 e. The van der Waals surface area contributed by atoms with Crippen molar-refractivity contribution >= 4 is 11.8 Å². The van der Waals surface area contributed by atoms with Gasteiger partial charge in [-0.1, -0.05) is 59.8 Å². The summed E-state index contributed by atoms with van der Waals surface area (Å²) in [6.45, 7) is 2.06. The molecule has 7 heteroatoms. The number of aryl methyl sites for hydroxylation is 1. The Hall–Kier alpha value is -3.06. The Bertz CT molecular complexity index is 1140. The Morgan fingerprint density at radius 3 is 2.59 bits per heavy atom. The largest absolute Gasteiger partial charge is 0.335 e. The predicted octanol–water partition coefficient (Wildman–Crippen LogP) is 3.93. The second kappa shape index (κ2) is 7.40. The van der Waals surface area contributed by atoms with Crippen LogP contribution in [-0.4, -0.2) is 24.7 Å². The van der Waals surface area contributed by atoms with E-state index in [2.05, 4.69) is 58.2 Å². The van der Waals surface area contributed by atoms with Crippen molar-refractivity contribution in [1.82, 2.24) is 24.7 Å². The number of hydrogen-bond acceptors (Lipinski definition) is 5.